The highest BCUT2D eigenvalue weighted by Gasteiger charge is 2.28. The molecule has 0 spiro atoms. The summed E-state index contributed by atoms with van der Waals surface area (Å²) in [6.45, 7) is 0.485. The number of hydrogen-bond acceptors (Lipinski definition) is 6. The van der Waals surface area contributed by atoms with Crippen LogP contribution < -0.4 is 15.2 Å². The van der Waals surface area contributed by atoms with E-state index in [-0.39, 0.29) is 37.3 Å². The van der Waals surface area contributed by atoms with Crippen molar-refractivity contribution in [1.29, 1.82) is 0 Å². The van der Waals surface area contributed by atoms with Crippen molar-refractivity contribution in [2.45, 2.75) is 0 Å². The molecule has 0 atom stereocenters. The van der Waals surface area contributed by atoms with Crippen molar-refractivity contribution < 1.29 is 22.7 Å². The van der Waals surface area contributed by atoms with Gasteiger partial charge in [0.15, 0.2) is 21.3 Å². The molecule has 0 aromatic heterocycles. The highest BCUT2D eigenvalue weighted by molar-refractivity contribution is 7.91. The fourth-order valence-electron chi connectivity index (χ4n) is 2.23. The van der Waals surface area contributed by atoms with Gasteiger partial charge in [0.2, 0.25) is 6.79 Å². The van der Waals surface area contributed by atoms with Crippen LogP contribution in [0.25, 0.3) is 0 Å². The van der Waals surface area contributed by atoms with Gasteiger partial charge in [-0.25, -0.2) is 8.42 Å². The molecule has 8 heteroatoms. The molecule has 0 saturated carbocycles. The fourth-order valence-corrected chi connectivity index (χ4v) is 3.43. The highest BCUT2D eigenvalue weighted by atomic mass is 32.2. The first-order valence-corrected chi connectivity index (χ1v) is 7.97. The van der Waals surface area contributed by atoms with Gasteiger partial charge in [0.25, 0.3) is 5.91 Å². The first-order chi connectivity index (χ1) is 9.46. The molecule has 1 amide bonds. The van der Waals surface area contributed by atoms with Gasteiger partial charge in [-0.3, -0.25) is 4.79 Å². The maximum absolute atomic E-state index is 12.4. The molecule has 0 radical (unpaired) electrons. The summed E-state index contributed by atoms with van der Waals surface area (Å²) in [5, 5.41) is 0. The topological polar surface area (TPSA) is 98.9 Å². The van der Waals surface area contributed by atoms with Gasteiger partial charge in [0.05, 0.1) is 17.1 Å². The van der Waals surface area contributed by atoms with Crippen LogP contribution in [0.5, 0.6) is 11.5 Å². The van der Waals surface area contributed by atoms with E-state index in [4.69, 9.17) is 15.2 Å². The van der Waals surface area contributed by atoms with Crippen molar-refractivity contribution in [3.05, 3.63) is 17.7 Å². The van der Waals surface area contributed by atoms with Crippen LogP contribution in [0.4, 0.5) is 5.69 Å². The number of rotatable bonds is 1. The number of anilines is 1. The number of fused-ring (bicyclic) bond motifs is 1. The molecule has 7 nitrogen and oxygen atoms in total. The van der Waals surface area contributed by atoms with Gasteiger partial charge in [-0.2, -0.15) is 0 Å². The third-order valence-corrected chi connectivity index (χ3v) is 5.02. The zero-order valence-electron chi connectivity index (χ0n) is 10.7. The monoisotopic (exact) mass is 298 g/mol. The van der Waals surface area contributed by atoms with Gasteiger partial charge in [0, 0.05) is 24.8 Å². The van der Waals surface area contributed by atoms with E-state index in [1.807, 2.05) is 0 Å². The van der Waals surface area contributed by atoms with Crippen molar-refractivity contribution in [3.63, 3.8) is 0 Å². The van der Waals surface area contributed by atoms with E-state index >= 15 is 0 Å². The van der Waals surface area contributed by atoms with E-state index in [2.05, 4.69) is 0 Å². The van der Waals surface area contributed by atoms with Crippen molar-refractivity contribution in [2.24, 2.45) is 0 Å². The minimum Gasteiger partial charge on any atom is -0.454 e. The number of nitrogens with two attached hydrogens (primary N) is 1. The Hall–Kier alpha value is -1.96. The summed E-state index contributed by atoms with van der Waals surface area (Å²) in [5.74, 6) is 0.690. The predicted octanol–water partition coefficient (Wildman–Crippen LogP) is -0.132. The number of benzene rings is 1. The summed E-state index contributed by atoms with van der Waals surface area (Å²) in [4.78, 5) is 13.9. The molecule has 0 unspecified atom stereocenters. The van der Waals surface area contributed by atoms with Gasteiger partial charge in [-0.1, -0.05) is 0 Å². The SMILES string of the molecule is Nc1cc2c(cc1C(=O)N1CCS(=O)(=O)CC1)OCO2. The summed E-state index contributed by atoms with van der Waals surface area (Å²) < 4.78 is 33.2. The number of hydrogen-bond donors (Lipinski definition) is 1. The van der Waals surface area contributed by atoms with E-state index in [1.165, 1.54) is 4.90 Å². The predicted molar refractivity (Wildman–Crippen MR) is 71.5 cm³/mol. The summed E-state index contributed by atoms with van der Waals surface area (Å²) in [5.41, 5.74) is 6.47. The maximum atomic E-state index is 12.4. The van der Waals surface area contributed by atoms with Crippen LogP contribution in [0.15, 0.2) is 12.1 Å². The van der Waals surface area contributed by atoms with E-state index in [9.17, 15) is 13.2 Å². The lowest BCUT2D eigenvalue weighted by Crippen LogP contribution is -2.43. The lowest BCUT2D eigenvalue weighted by Gasteiger charge is -2.27. The van der Waals surface area contributed by atoms with Gasteiger partial charge in [-0.05, 0) is 6.07 Å². The minimum atomic E-state index is -3.02. The Morgan fingerprint density at radius 1 is 1.15 bits per heavy atom. The highest BCUT2D eigenvalue weighted by Crippen LogP contribution is 2.36. The number of amides is 1. The van der Waals surface area contributed by atoms with Crippen LogP contribution in [0.1, 0.15) is 10.4 Å². The van der Waals surface area contributed by atoms with Crippen LogP contribution in [0.3, 0.4) is 0 Å². The second kappa shape index (κ2) is 4.55. The third kappa shape index (κ3) is 2.26. The smallest absolute Gasteiger partial charge is 0.256 e. The Morgan fingerprint density at radius 2 is 1.75 bits per heavy atom. The Labute approximate surface area is 116 Å². The van der Waals surface area contributed by atoms with E-state index in [1.54, 1.807) is 12.1 Å². The summed E-state index contributed by atoms with van der Waals surface area (Å²) in [6, 6.07) is 3.10. The average molecular weight is 298 g/mol. The number of ether oxygens (including phenoxy) is 2. The lowest BCUT2D eigenvalue weighted by molar-refractivity contribution is 0.0771. The molecule has 1 aromatic carbocycles. The van der Waals surface area contributed by atoms with Crippen LogP contribution in [0.2, 0.25) is 0 Å². The summed E-state index contributed by atoms with van der Waals surface area (Å²) in [6.07, 6.45) is 0. The number of nitrogen functional groups attached to an aromatic ring is 1. The zero-order chi connectivity index (χ0) is 14.3. The molecule has 2 aliphatic rings. The second-order valence-corrected chi connectivity index (χ2v) is 7.04. The molecule has 108 valence electrons. The number of sulfone groups is 1. The number of nitrogens with zero attached hydrogens (tertiary/aromatic N) is 1. The average Bonchev–Trinajstić information content (AvgIpc) is 2.84. The number of carbonyl (C=O) groups is 1. The van der Waals surface area contributed by atoms with Gasteiger partial charge >= 0.3 is 0 Å². The summed E-state index contributed by atoms with van der Waals surface area (Å²) >= 11 is 0. The first-order valence-electron chi connectivity index (χ1n) is 6.15. The van der Waals surface area contributed by atoms with Crippen molar-refractivity contribution in [3.8, 4) is 11.5 Å². The third-order valence-electron chi connectivity index (χ3n) is 3.41. The van der Waals surface area contributed by atoms with Crippen LogP contribution in [-0.2, 0) is 9.84 Å². The Bertz CT molecular complexity index is 657. The standard InChI is InChI=1S/C12H14N2O5S/c13-9-6-11-10(18-7-19-11)5-8(9)12(15)14-1-3-20(16,17)4-2-14/h5-6H,1-4,7,13H2. The van der Waals surface area contributed by atoms with Gasteiger partial charge < -0.3 is 20.1 Å². The van der Waals surface area contributed by atoms with Crippen LogP contribution in [-0.4, -0.2) is 50.6 Å². The normalized spacial score (nSPS) is 19.9. The molecular formula is C12H14N2O5S. The Morgan fingerprint density at radius 3 is 2.40 bits per heavy atom. The summed E-state index contributed by atoms with van der Waals surface area (Å²) in [7, 11) is -3.02. The zero-order valence-corrected chi connectivity index (χ0v) is 11.5. The molecule has 2 N–H and O–H groups in total. The van der Waals surface area contributed by atoms with Crippen LogP contribution >= 0.6 is 0 Å². The molecule has 2 aliphatic heterocycles. The second-order valence-electron chi connectivity index (χ2n) is 4.74. The maximum Gasteiger partial charge on any atom is 0.256 e. The van der Waals surface area contributed by atoms with Gasteiger partial charge in [0.1, 0.15) is 0 Å². The quantitative estimate of drug-likeness (QED) is 0.725. The van der Waals surface area contributed by atoms with Crippen molar-refractivity contribution in [1.82, 2.24) is 4.90 Å². The van der Waals surface area contributed by atoms with Crippen molar-refractivity contribution in [2.75, 3.05) is 37.1 Å². The van der Waals surface area contributed by atoms with E-state index < -0.39 is 9.84 Å². The Kier molecular flexibility index (Phi) is 2.97. The van der Waals surface area contributed by atoms with E-state index in [0.29, 0.717) is 22.7 Å². The number of carbonyl (C=O) groups excluding carboxylic acids is 1. The molecule has 1 fully saturated rings. The lowest BCUT2D eigenvalue weighted by atomic mass is 10.1. The minimum absolute atomic E-state index is 0.0107. The largest absolute Gasteiger partial charge is 0.454 e. The molecule has 20 heavy (non-hydrogen) atoms. The van der Waals surface area contributed by atoms with Crippen LogP contribution in [0, 0.1) is 0 Å². The van der Waals surface area contributed by atoms with Gasteiger partial charge in [-0.15, -0.1) is 0 Å². The molecule has 0 bridgehead atoms. The van der Waals surface area contributed by atoms with Crippen molar-refractivity contribution >= 4 is 21.4 Å². The molecule has 0 aliphatic carbocycles. The Balaban J connectivity index is 1.85. The molecule has 3 rings (SSSR count). The molecule has 1 saturated heterocycles. The molecular weight excluding hydrogens is 284 g/mol. The molecule has 2 heterocycles. The first kappa shape index (κ1) is 13.0. The fraction of sp³-hybridized carbons (Fsp3) is 0.417. The van der Waals surface area contributed by atoms with E-state index in [0.717, 1.165) is 0 Å². The molecule has 1 aromatic rings.